The molecule has 1 amide bonds. The summed E-state index contributed by atoms with van der Waals surface area (Å²) < 4.78 is 66.1. The van der Waals surface area contributed by atoms with Gasteiger partial charge in [0.1, 0.15) is 6.54 Å². The first-order valence-corrected chi connectivity index (χ1v) is 9.07. The topological polar surface area (TPSA) is 41.4 Å². The van der Waals surface area contributed by atoms with Gasteiger partial charge in [-0.15, -0.1) is 0 Å². The lowest BCUT2D eigenvalue weighted by atomic mass is 10.2. The van der Waals surface area contributed by atoms with E-state index < -0.39 is 41.0 Å². The highest BCUT2D eigenvalue weighted by Crippen LogP contribution is 2.35. The molecule has 1 aromatic carbocycles. The van der Waals surface area contributed by atoms with Crippen LogP contribution in [0.2, 0.25) is 5.02 Å². The number of carbonyl (C=O) groups is 1. The minimum absolute atomic E-state index is 0.0438. The van der Waals surface area contributed by atoms with Crippen LogP contribution in [0.25, 0.3) is 0 Å². The van der Waals surface area contributed by atoms with Gasteiger partial charge in [0.05, 0.1) is 10.7 Å². The van der Waals surface area contributed by atoms with Crippen LogP contribution in [0.4, 0.5) is 27.6 Å². The van der Waals surface area contributed by atoms with Crippen molar-refractivity contribution in [3.63, 3.8) is 0 Å². The normalized spacial score (nSPS) is 11.6. The van der Waals surface area contributed by atoms with E-state index >= 15 is 0 Å². The monoisotopic (exact) mass is 438 g/mol. The van der Waals surface area contributed by atoms with Crippen molar-refractivity contribution in [2.45, 2.75) is 26.6 Å². The van der Waals surface area contributed by atoms with Crippen LogP contribution in [0.1, 0.15) is 18.3 Å². The summed E-state index contributed by atoms with van der Waals surface area (Å²) in [5, 5.41) is 2.89. The maximum atomic E-state index is 13.4. The summed E-state index contributed by atoms with van der Waals surface area (Å²) in [6.45, 7) is 3.52. The molecule has 5 nitrogen and oxygen atoms in total. The Kier molecular flexibility index (Phi) is 7.10. The van der Waals surface area contributed by atoms with E-state index in [1.807, 2.05) is 0 Å². The number of likely N-dealkylation sites (N-methyl/N-ethyl adjacent to an activating group) is 2. The number of amides is 1. The van der Waals surface area contributed by atoms with Gasteiger partial charge >= 0.3 is 6.18 Å². The van der Waals surface area contributed by atoms with E-state index in [4.69, 9.17) is 11.6 Å². The Balaban J connectivity index is 2.05. The number of alkyl halides is 3. The Bertz CT molecular complexity index is 884. The van der Waals surface area contributed by atoms with Gasteiger partial charge in [-0.25, -0.2) is 8.78 Å². The van der Waals surface area contributed by atoms with Crippen molar-refractivity contribution in [2.75, 3.05) is 31.6 Å². The molecule has 0 aliphatic heterocycles. The van der Waals surface area contributed by atoms with Crippen LogP contribution in [-0.4, -0.2) is 47.3 Å². The molecule has 29 heavy (non-hydrogen) atoms. The summed E-state index contributed by atoms with van der Waals surface area (Å²) in [6, 6.07) is 3.46. The first kappa shape index (κ1) is 22.9. The van der Waals surface area contributed by atoms with Crippen molar-refractivity contribution < 1.29 is 26.7 Å². The van der Waals surface area contributed by atoms with Gasteiger partial charge in [-0.2, -0.15) is 18.3 Å². The third kappa shape index (κ3) is 5.37. The van der Waals surface area contributed by atoms with Crippen molar-refractivity contribution in [1.82, 2.24) is 14.7 Å². The van der Waals surface area contributed by atoms with Gasteiger partial charge in [0.15, 0.2) is 17.3 Å². The number of rotatable bonds is 7. The van der Waals surface area contributed by atoms with Gasteiger partial charge in [0.2, 0.25) is 5.91 Å². The highest BCUT2D eigenvalue weighted by atomic mass is 35.5. The Morgan fingerprint density at radius 2 is 1.86 bits per heavy atom. The number of nitrogens with zero attached hydrogens (tertiary/aromatic N) is 4. The molecule has 2 aromatic rings. The number of hydrogen-bond donors (Lipinski definition) is 0. The zero-order chi connectivity index (χ0) is 21.9. The van der Waals surface area contributed by atoms with Gasteiger partial charge in [-0.05, 0) is 26.0 Å². The molecule has 0 aliphatic rings. The zero-order valence-electron chi connectivity index (χ0n) is 16.0. The second-order valence-electron chi connectivity index (χ2n) is 6.40. The second kappa shape index (κ2) is 8.98. The van der Waals surface area contributed by atoms with Gasteiger partial charge < -0.3 is 9.80 Å². The Labute approximate surface area is 169 Å². The molecule has 0 atom stereocenters. The van der Waals surface area contributed by atoms with Crippen LogP contribution in [0, 0.1) is 18.6 Å². The summed E-state index contributed by atoms with van der Waals surface area (Å²) >= 11 is 5.70. The fourth-order valence-corrected chi connectivity index (χ4v) is 2.91. The molecule has 0 N–H and O–H groups in total. The van der Waals surface area contributed by atoms with E-state index in [0.29, 0.717) is 18.8 Å². The maximum absolute atomic E-state index is 13.4. The number of carbonyl (C=O) groups excluding carboxylic acids is 1. The molecular weight excluding hydrogens is 419 g/mol. The summed E-state index contributed by atoms with van der Waals surface area (Å²) in [7, 11) is 1.65. The molecule has 1 aromatic heterocycles. The van der Waals surface area contributed by atoms with Crippen LogP contribution in [0.15, 0.2) is 18.2 Å². The quantitative estimate of drug-likeness (QED) is 0.610. The number of benzene rings is 1. The maximum Gasteiger partial charge on any atom is 0.436 e. The third-order valence-electron chi connectivity index (χ3n) is 4.47. The molecule has 0 saturated carbocycles. The molecule has 11 heteroatoms. The lowest BCUT2D eigenvalue weighted by Gasteiger charge is -2.26. The molecule has 0 radical (unpaired) electrons. The number of hydrogen-bond acceptors (Lipinski definition) is 3. The minimum atomic E-state index is -4.71. The Morgan fingerprint density at radius 1 is 1.21 bits per heavy atom. The van der Waals surface area contributed by atoms with Crippen molar-refractivity contribution in [3.8, 4) is 0 Å². The lowest BCUT2D eigenvalue weighted by molar-refractivity contribution is -0.142. The summed E-state index contributed by atoms with van der Waals surface area (Å²) in [4.78, 5) is 15.6. The Morgan fingerprint density at radius 3 is 2.38 bits per heavy atom. The molecule has 0 unspecified atom stereocenters. The van der Waals surface area contributed by atoms with Crippen LogP contribution in [-0.2, 0) is 17.5 Å². The van der Waals surface area contributed by atoms with Crippen molar-refractivity contribution >= 4 is 23.2 Å². The van der Waals surface area contributed by atoms with Gasteiger partial charge in [-0.1, -0.05) is 11.6 Å². The molecular formula is C18H20ClF5N4O. The molecule has 0 fully saturated rings. The van der Waals surface area contributed by atoms with Crippen molar-refractivity contribution in [3.05, 3.63) is 46.2 Å². The average Bonchev–Trinajstić information content (AvgIpc) is 2.92. The predicted octanol–water partition coefficient (Wildman–Crippen LogP) is 4.13. The SMILES string of the molecule is CCN(CCN(C)c1ccc(F)c(F)c1)C(=O)Cn1nc(C(F)(F)F)c(Cl)c1C. The van der Waals surface area contributed by atoms with Crippen LogP contribution >= 0.6 is 11.6 Å². The van der Waals surface area contributed by atoms with E-state index in [0.717, 1.165) is 16.8 Å². The second-order valence-corrected chi connectivity index (χ2v) is 6.77. The first-order valence-electron chi connectivity index (χ1n) is 8.69. The molecule has 0 saturated heterocycles. The lowest BCUT2D eigenvalue weighted by Crippen LogP contribution is -2.39. The van der Waals surface area contributed by atoms with Crippen LogP contribution < -0.4 is 4.90 Å². The number of halogens is 6. The minimum Gasteiger partial charge on any atom is -0.373 e. The Hall–Kier alpha value is -2.36. The molecule has 0 bridgehead atoms. The molecule has 2 rings (SSSR count). The van der Waals surface area contributed by atoms with Crippen LogP contribution in [0.3, 0.4) is 0 Å². The van der Waals surface area contributed by atoms with E-state index in [2.05, 4.69) is 5.10 Å². The van der Waals surface area contributed by atoms with Crippen molar-refractivity contribution in [2.24, 2.45) is 0 Å². The third-order valence-corrected chi connectivity index (χ3v) is 4.92. The zero-order valence-corrected chi connectivity index (χ0v) is 16.8. The smallest absolute Gasteiger partial charge is 0.373 e. The number of aromatic nitrogens is 2. The largest absolute Gasteiger partial charge is 0.436 e. The standard InChI is InChI=1S/C18H20ClF5N4O/c1-4-27(8-7-26(3)12-5-6-13(20)14(21)9-12)15(29)10-28-11(2)16(19)17(25-28)18(22,23)24/h5-6,9H,4,7-8,10H2,1-3H3. The summed E-state index contributed by atoms with van der Waals surface area (Å²) in [5.41, 5.74) is -0.759. The average molecular weight is 439 g/mol. The summed E-state index contributed by atoms with van der Waals surface area (Å²) in [5.74, 6) is -2.38. The predicted molar refractivity (Wildman–Crippen MR) is 98.9 cm³/mol. The van der Waals surface area contributed by atoms with Gasteiger partial charge in [-0.3, -0.25) is 9.48 Å². The van der Waals surface area contributed by atoms with E-state index in [1.54, 1.807) is 18.9 Å². The fraction of sp³-hybridized carbons (Fsp3) is 0.444. The molecule has 1 heterocycles. The highest BCUT2D eigenvalue weighted by molar-refractivity contribution is 6.32. The van der Waals surface area contributed by atoms with E-state index in [1.165, 1.54) is 17.9 Å². The first-order chi connectivity index (χ1) is 13.5. The fourth-order valence-electron chi connectivity index (χ4n) is 2.67. The van der Waals surface area contributed by atoms with E-state index in [-0.39, 0.29) is 12.2 Å². The summed E-state index contributed by atoms with van der Waals surface area (Å²) in [6.07, 6.45) is -4.71. The molecule has 0 spiro atoms. The van der Waals surface area contributed by atoms with Gasteiger partial charge in [0.25, 0.3) is 0 Å². The van der Waals surface area contributed by atoms with Crippen LogP contribution in [0.5, 0.6) is 0 Å². The van der Waals surface area contributed by atoms with Crippen molar-refractivity contribution in [1.29, 1.82) is 0 Å². The highest BCUT2D eigenvalue weighted by Gasteiger charge is 2.38. The molecule has 160 valence electrons. The van der Waals surface area contributed by atoms with E-state index in [9.17, 15) is 26.7 Å². The number of anilines is 1. The van der Waals surface area contributed by atoms with Gasteiger partial charge in [0, 0.05) is 38.4 Å². The molecule has 0 aliphatic carbocycles.